The highest BCUT2D eigenvalue weighted by molar-refractivity contribution is 5.46. The minimum absolute atomic E-state index is 0.0715. The molecule has 0 radical (unpaired) electrons. The second-order valence-electron chi connectivity index (χ2n) is 6.87. The fraction of sp³-hybridized carbons (Fsp3) is 0.471. The summed E-state index contributed by atoms with van der Waals surface area (Å²) in [6.07, 6.45) is 0.604. The molecule has 0 aliphatic carbocycles. The number of halogens is 3. The maximum Gasteiger partial charge on any atom is 0.453 e. The average Bonchev–Trinajstić information content (AvgIpc) is 3.12. The van der Waals surface area contributed by atoms with Crippen LogP contribution in [0.3, 0.4) is 0 Å². The summed E-state index contributed by atoms with van der Waals surface area (Å²) in [4.78, 5) is 12.7. The van der Waals surface area contributed by atoms with Crippen LogP contribution in [-0.2, 0) is 6.18 Å². The summed E-state index contributed by atoms with van der Waals surface area (Å²) < 4.78 is 39.9. The van der Waals surface area contributed by atoms with Gasteiger partial charge in [0.2, 0.25) is 5.95 Å². The summed E-state index contributed by atoms with van der Waals surface area (Å²) in [7, 11) is 1.96. The molecule has 0 atom stereocenters. The first-order valence-corrected chi connectivity index (χ1v) is 8.89. The van der Waals surface area contributed by atoms with E-state index < -0.39 is 12.0 Å². The van der Waals surface area contributed by atoms with Gasteiger partial charge >= 0.3 is 6.18 Å². The minimum atomic E-state index is -4.60. The van der Waals surface area contributed by atoms with Crippen molar-refractivity contribution in [3.8, 4) is 0 Å². The van der Waals surface area contributed by atoms with Gasteiger partial charge in [-0.25, -0.2) is 9.97 Å². The van der Waals surface area contributed by atoms with Crippen molar-refractivity contribution in [3.05, 3.63) is 35.9 Å². The van der Waals surface area contributed by atoms with Crippen molar-refractivity contribution in [1.82, 2.24) is 29.8 Å². The van der Waals surface area contributed by atoms with Crippen LogP contribution in [0.4, 0.5) is 24.9 Å². The Morgan fingerprint density at radius 2 is 1.75 bits per heavy atom. The van der Waals surface area contributed by atoms with Gasteiger partial charge in [-0.2, -0.15) is 17.7 Å². The highest BCUT2D eigenvalue weighted by atomic mass is 19.4. The Bertz CT molecular complexity index is 961. The Morgan fingerprint density at radius 3 is 2.39 bits per heavy atom. The molecule has 3 aromatic heterocycles. The number of aromatic nitrogens is 6. The lowest BCUT2D eigenvalue weighted by Crippen LogP contribution is -2.44. The lowest BCUT2D eigenvalue weighted by Gasteiger charge is -2.37. The highest BCUT2D eigenvalue weighted by Crippen LogP contribution is 2.28. The zero-order chi connectivity index (χ0) is 19.9. The summed E-state index contributed by atoms with van der Waals surface area (Å²) in [5.41, 5.74) is 1.07. The van der Waals surface area contributed by atoms with E-state index in [1.54, 1.807) is 18.5 Å². The lowest BCUT2D eigenvalue weighted by molar-refractivity contribution is -0.146. The summed E-state index contributed by atoms with van der Waals surface area (Å²) >= 11 is 0. The van der Waals surface area contributed by atoms with Crippen molar-refractivity contribution in [2.45, 2.75) is 32.0 Å². The molecule has 4 heterocycles. The molecule has 0 amide bonds. The number of hydrogen-bond acceptors (Lipinski definition) is 7. The summed E-state index contributed by atoms with van der Waals surface area (Å²) in [5.74, 6) is 0.0314. The number of nitrogens with zero attached hydrogens (tertiary/aromatic N) is 8. The van der Waals surface area contributed by atoms with Crippen LogP contribution in [0.25, 0.3) is 5.65 Å². The van der Waals surface area contributed by atoms with E-state index in [1.807, 2.05) is 18.9 Å². The number of fused-ring (bicyclic) bond motifs is 1. The molecule has 8 nitrogen and oxygen atoms in total. The molecule has 0 bridgehead atoms. The Balaban J connectivity index is 1.48. The normalized spacial score (nSPS) is 16.0. The van der Waals surface area contributed by atoms with E-state index >= 15 is 0 Å². The Morgan fingerprint density at radius 1 is 1.07 bits per heavy atom. The average molecular weight is 392 g/mol. The van der Waals surface area contributed by atoms with Gasteiger partial charge in [0.25, 0.3) is 5.82 Å². The van der Waals surface area contributed by atoms with Gasteiger partial charge in [0.05, 0.1) is 0 Å². The topological polar surface area (TPSA) is 75.3 Å². The Kier molecular flexibility index (Phi) is 4.52. The van der Waals surface area contributed by atoms with E-state index in [1.165, 1.54) is 6.07 Å². The third-order valence-corrected chi connectivity index (χ3v) is 4.92. The number of rotatable bonds is 3. The highest BCUT2D eigenvalue weighted by Gasteiger charge is 2.38. The Hall–Kier alpha value is -2.98. The maximum absolute atomic E-state index is 13.1. The van der Waals surface area contributed by atoms with E-state index in [2.05, 4.69) is 30.2 Å². The molecular weight excluding hydrogens is 373 g/mol. The van der Waals surface area contributed by atoms with E-state index in [9.17, 15) is 13.2 Å². The molecule has 1 fully saturated rings. The van der Waals surface area contributed by atoms with Gasteiger partial charge < -0.3 is 9.80 Å². The molecule has 0 aromatic carbocycles. The fourth-order valence-electron chi connectivity index (χ4n) is 3.34. The summed E-state index contributed by atoms with van der Waals surface area (Å²) in [5, 5.41) is 10.9. The smallest absolute Gasteiger partial charge is 0.355 e. The van der Waals surface area contributed by atoms with Crippen molar-refractivity contribution in [2.24, 2.45) is 0 Å². The number of alkyl halides is 3. The van der Waals surface area contributed by atoms with Gasteiger partial charge in [-0.15, -0.1) is 15.3 Å². The molecule has 3 aromatic rings. The summed E-state index contributed by atoms with van der Waals surface area (Å²) in [6, 6.07) is 3.43. The van der Waals surface area contributed by atoms with Gasteiger partial charge in [0.15, 0.2) is 5.65 Å². The first-order chi connectivity index (χ1) is 13.3. The predicted octanol–water partition coefficient (Wildman–Crippen LogP) is 2.35. The molecule has 1 aliphatic heterocycles. The van der Waals surface area contributed by atoms with E-state index in [-0.39, 0.29) is 11.7 Å². The Labute approximate surface area is 159 Å². The van der Waals surface area contributed by atoms with Crippen molar-refractivity contribution < 1.29 is 13.2 Å². The first-order valence-electron chi connectivity index (χ1n) is 8.89. The largest absolute Gasteiger partial charge is 0.453 e. The molecule has 0 N–H and O–H groups in total. The molecule has 0 unspecified atom stereocenters. The third kappa shape index (κ3) is 3.43. The molecule has 11 heteroatoms. The molecular formula is C17H19F3N8. The van der Waals surface area contributed by atoms with E-state index in [4.69, 9.17) is 0 Å². The van der Waals surface area contributed by atoms with Crippen molar-refractivity contribution >= 4 is 17.4 Å². The molecule has 1 saturated heterocycles. The zero-order valence-electron chi connectivity index (χ0n) is 15.4. The lowest BCUT2D eigenvalue weighted by atomic mass is 10.0. The van der Waals surface area contributed by atoms with Crippen LogP contribution in [0, 0.1) is 6.92 Å². The monoisotopic (exact) mass is 392 g/mol. The van der Waals surface area contributed by atoms with Crippen LogP contribution in [0.1, 0.15) is 24.2 Å². The van der Waals surface area contributed by atoms with E-state index in [0.29, 0.717) is 24.9 Å². The van der Waals surface area contributed by atoms with Crippen LogP contribution in [0.2, 0.25) is 0 Å². The fourth-order valence-corrected chi connectivity index (χ4v) is 3.34. The minimum Gasteiger partial charge on any atom is -0.355 e. The molecule has 28 heavy (non-hydrogen) atoms. The van der Waals surface area contributed by atoms with Crippen molar-refractivity contribution in [3.63, 3.8) is 0 Å². The second-order valence-corrected chi connectivity index (χ2v) is 6.87. The first kappa shape index (κ1) is 18.4. The molecule has 1 aliphatic rings. The van der Waals surface area contributed by atoms with Gasteiger partial charge in [-0.1, -0.05) is 0 Å². The number of aryl methyl sites for hydroxylation is 1. The summed E-state index contributed by atoms with van der Waals surface area (Å²) in [6.45, 7) is 3.28. The van der Waals surface area contributed by atoms with Crippen LogP contribution in [0.15, 0.2) is 24.5 Å². The van der Waals surface area contributed by atoms with Crippen molar-refractivity contribution in [2.75, 3.05) is 29.9 Å². The van der Waals surface area contributed by atoms with Gasteiger partial charge in [0, 0.05) is 38.6 Å². The van der Waals surface area contributed by atoms with Gasteiger partial charge in [0.1, 0.15) is 5.82 Å². The number of hydrogen-bond donors (Lipinski definition) is 0. The standard InChI is InChI=1S/C17H19F3N8/c1-11-9-21-16(22-10-11)26(2)12-5-7-27(8-6-12)14-4-3-13-23-24-15(17(18,19)20)28(13)25-14/h3-4,9-10,12H,5-8H2,1-2H3. The molecule has 0 saturated carbocycles. The molecule has 4 rings (SSSR count). The zero-order valence-corrected chi connectivity index (χ0v) is 15.4. The van der Waals surface area contributed by atoms with Crippen LogP contribution < -0.4 is 9.80 Å². The van der Waals surface area contributed by atoms with Gasteiger partial charge in [-0.3, -0.25) is 0 Å². The van der Waals surface area contributed by atoms with Crippen molar-refractivity contribution in [1.29, 1.82) is 0 Å². The van der Waals surface area contributed by atoms with Gasteiger partial charge in [-0.05, 0) is 37.5 Å². The van der Waals surface area contributed by atoms with Crippen LogP contribution in [0.5, 0.6) is 0 Å². The quantitative estimate of drug-likeness (QED) is 0.677. The number of piperidine rings is 1. The second kappa shape index (κ2) is 6.88. The third-order valence-electron chi connectivity index (χ3n) is 4.92. The molecule has 0 spiro atoms. The molecule has 148 valence electrons. The van der Waals surface area contributed by atoms with Crippen LogP contribution >= 0.6 is 0 Å². The van der Waals surface area contributed by atoms with Crippen LogP contribution in [-0.4, -0.2) is 56.0 Å². The number of anilines is 2. The predicted molar refractivity (Wildman–Crippen MR) is 96.2 cm³/mol. The SMILES string of the molecule is Cc1cnc(N(C)C2CCN(c3ccc4nnc(C(F)(F)F)n4n3)CC2)nc1. The van der Waals surface area contributed by atoms with E-state index in [0.717, 1.165) is 22.9 Å². The maximum atomic E-state index is 13.1.